The van der Waals surface area contributed by atoms with Crippen LogP contribution in [-0.4, -0.2) is 18.1 Å². The van der Waals surface area contributed by atoms with E-state index >= 15 is 0 Å². The lowest BCUT2D eigenvalue weighted by molar-refractivity contribution is 0.271. The highest BCUT2D eigenvalue weighted by atomic mass is 79.9. The third-order valence-corrected chi connectivity index (χ3v) is 1.96. The van der Waals surface area contributed by atoms with Gasteiger partial charge in [0.1, 0.15) is 10.3 Å². The van der Waals surface area contributed by atoms with Gasteiger partial charge in [-0.05, 0) is 35.8 Å². The van der Waals surface area contributed by atoms with Crippen molar-refractivity contribution in [1.82, 2.24) is 4.98 Å². The van der Waals surface area contributed by atoms with Crippen LogP contribution < -0.4 is 10.8 Å². The Bertz CT molecular complexity index is 304. The smallest absolute Gasteiger partial charge is 0.108 e. The number of anilines is 2. The summed E-state index contributed by atoms with van der Waals surface area (Å²) in [6.45, 7) is 4.15. The Labute approximate surface area is 92.1 Å². The number of rotatable bonds is 4. The Morgan fingerprint density at radius 1 is 1.43 bits per heavy atom. The van der Waals surface area contributed by atoms with Crippen LogP contribution in [0.1, 0.15) is 13.8 Å². The number of pyridine rings is 1. The molecule has 0 fully saturated rings. The standard InChI is InChI=1S/C9H14BrN3O/c1-6(2)12-7-4-9(10)11-5-8(7)13-14-3/h4-6,13H,1-3H3,(H,11,12). The zero-order chi connectivity index (χ0) is 10.6. The fraction of sp³-hybridized carbons (Fsp3) is 0.444. The van der Waals surface area contributed by atoms with E-state index in [0.717, 1.165) is 16.0 Å². The van der Waals surface area contributed by atoms with Gasteiger partial charge in [0.05, 0.1) is 19.0 Å². The van der Waals surface area contributed by atoms with Crippen LogP contribution in [0.25, 0.3) is 0 Å². The number of halogens is 1. The van der Waals surface area contributed by atoms with Crippen molar-refractivity contribution in [3.8, 4) is 0 Å². The Kier molecular flexibility index (Phi) is 4.16. The molecule has 1 heterocycles. The fourth-order valence-corrected chi connectivity index (χ4v) is 1.38. The van der Waals surface area contributed by atoms with Crippen molar-refractivity contribution in [2.75, 3.05) is 17.9 Å². The summed E-state index contributed by atoms with van der Waals surface area (Å²) in [5, 5.41) is 3.29. The van der Waals surface area contributed by atoms with Gasteiger partial charge >= 0.3 is 0 Å². The molecule has 0 radical (unpaired) electrons. The molecule has 1 rings (SSSR count). The second-order valence-corrected chi connectivity index (χ2v) is 3.97. The second kappa shape index (κ2) is 5.17. The summed E-state index contributed by atoms with van der Waals surface area (Å²) in [5.74, 6) is 0. The summed E-state index contributed by atoms with van der Waals surface area (Å²) in [6.07, 6.45) is 1.71. The van der Waals surface area contributed by atoms with Crippen LogP contribution in [0.4, 0.5) is 11.4 Å². The van der Waals surface area contributed by atoms with Gasteiger partial charge in [0.2, 0.25) is 0 Å². The van der Waals surface area contributed by atoms with E-state index in [9.17, 15) is 0 Å². The first-order chi connectivity index (χ1) is 6.63. The minimum Gasteiger partial charge on any atom is -0.381 e. The summed E-state index contributed by atoms with van der Waals surface area (Å²) in [5.41, 5.74) is 4.55. The first kappa shape index (κ1) is 11.3. The van der Waals surface area contributed by atoms with Crippen LogP contribution in [-0.2, 0) is 4.84 Å². The lowest BCUT2D eigenvalue weighted by Gasteiger charge is -2.14. The lowest BCUT2D eigenvalue weighted by Crippen LogP contribution is -2.12. The van der Waals surface area contributed by atoms with Crippen molar-refractivity contribution in [1.29, 1.82) is 0 Å². The Morgan fingerprint density at radius 2 is 2.14 bits per heavy atom. The SMILES string of the molecule is CONc1cnc(Br)cc1NC(C)C. The highest BCUT2D eigenvalue weighted by molar-refractivity contribution is 9.10. The van der Waals surface area contributed by atoms with Crippen LogP contribution in [0, 0.1) is 0 Å². The minimum atomic E-state index is 0.363. The average molecular weight is 260 g/mol. The summed E-state index contributed by atoms with van der Waals surface area (Å²) in [7, 11) is 1.57. The summed E-state index contributed by atoms with van der Waals surface area (Å²) in [4.78, 5) is 8.94. The van der Waals surface area contributed by atoms with E-state index in [4.69, 9.17) is 4.84 Å². The van der Waals surface area contributed by atoms with E-state index in [1.807, 2.05) is 6.07 Å². The number of nitrogens with zero attached hydrogens (tertiary/aromatic N) is 1. The van der Waals surface area contributed by atoms with Crippen molar-refractivity contribution in [3.05, 3.63) is 16.9 Å². The normalized spacial score (nSPS) is 10.4. The molecule has 0 saturated heterocycles. The number of hydrogen-bond acceptors (Lipinski definition) is 4. The Balaban J connectivity index is 2.90. The maximum atomic E-state index is 4.84. The van der Waals surface area contributed by atoms with Crippen molar-refractivity contribution in [2.24, 2.45) is 0 Å². The van der Waals surface area contributed by atoms with Gasteiger partial charge in [-0.2, -0.15) is 0 Å². The largest absolute Gasteiger partial charge is 0.381 e. The fourth-order valence-electron chi connectivity index (χ4n) is 1.05. The van der Waals surface area contributed by atoms with E-state index < -0.39 is 0 Å². The molecule has 0 aliphatic carbocycles. The molecule has 1 aromatic heterocycles. The number of nitrogens with one attached hydrogen (secondary N) is 2. The van der Waals surface area contributed by atoms with Gasteiger partial charge in [-0.15, -0.1) is 0 Å². The Morgan fingerprint density at radius 3 is 2.71 bits per heavy atom. The molecule has 0 unspecified atom stereocenters. The van der Waals surface area contributed by atoms with E-state index in [2.05, 4.69) is 45.6 Å². The van der Waals surface area contributed by atoms with Crippen molar-refractivity contribution in [2.45, 2.75) is 19.9 Å². The zero-order valence-corrected chi connectivity index (χ0v) is 10.1. The summed E-state index contributed by atoms with van der Waals surface area (Å²) < 4.78 is 0.794. The monoisotopic (exact) mass is 259 g/mol. The molecular weight excluding hydrogens is 246 g/mol. The molecule has 0 spiro atoms. The van der Waals surface area contributed by atoms with Gasteiger partial charge in [0, 0.05) is 6.04 Å². The molecule has 0 aliphatic rings. The molecular formula is C9H14BrN3O. The number of hydrogen-bond donors (Lipinski definition) is 2. The molecule has 0 aliphatic heterocycles. The second-order valence-electron chi connectivity index (χ2n) is 3.16. The van der Waals surface area contributed by atoms with E-state index in [1.165, 1.54) is 0 Å². The zero-order valence-electron chi connectivity index (χ0n) is 8.47. The summed E-state index contributed by atoms with van der Waals surface area (Å²) in [6, 6.07) is 2.27. The summed E-state index contributed by atoms with van der Waals surface area (Å²) >= 11 is 3.32. The third kappa shape index (κ3) is 3.16. The molecule has 14 heavy (non-hydrogen) atoms. The van der Waals surface area contributed by atoms with Gasteiger partial charge in [0.25, 0.3) is 0 Å². The molecule has 0 atom stereocenters. The molecule has 0 bridgehead atoms. The molecule has 78 valence electrons. The van der Waals surface area contributed by atoms with E-state index in [0.29, 0.717) is 6.04 Å². The van der Waals surface area contributed by atoms with Crippen molar-refractivity contribution < 1.29 is 4.84 Å². The van der Waals surface area contributed by atoms with Crippen LogP contribution in [0.3, 0.4) is 0 Å². The van der Waals surface area contributed by atoms with Crippen LogP contribution in [0.15, 0.2) is 16.9 Å². The van der Waals surface area contributed by atoms with Gasteiger partial charge in [-0.3, -0.25) is 10.3 Å². The first-order valence-corrected chi connectivity index (χ1v) is 5.14. The highest BCUT2D eigenvalue weighted by Gasteiger charge is 2.04. The maximum Gasteiger partial charge on any atom is 0.108 e. The van der Waals surface area contributed by atoms with Crippen LogP contribution >= 0.6 is 15.9 Å². The molecule has 1 aromatic rings. The molecule has 0 saturated carbocycles. The molecule has 2 N–H and O–H groups in total. The van der Waals surface area contributed by atoms with Gasteiger partial charge in [0.15, 0.2) is 0 Å². The molecule has 0 amide bonds. The first-order valence-electron chi connectivity index (χ1n) is 4.34. The third-order valence-electron chi connectivity index (χ3n) is 1.53. The van der Waals surface area contributed by atoms with Gasteiger partial charge < -0.3 is 5.32 Å². The van der Waals surface area contributed by atoms with Crippen LogP contribution in [0.2, 0.25) is 0 Å². The van der Waals surface area contributed by atoms with E-state index in [-0.39, 0.29) is 0 Å². The minimum absolute atomic E-state index is 0.363. The topological polar surface area (TPSA) is 46.2 Å². The predicted octanol–water partition coefficient (Wildman–Crippen LogP) is 2.64. The lowest BCUT2D eigenvalue weighted by atomic mass is 10.3. The average Bonchev–Trinajstić information content (AvgIpc) is 2.09. The highest BCUT2D eigenvalue weighted by Crippen LogP contribution is 2.24. The number of aromatic nitrogens is 1. The van der Waals surface area contributed by atoms with Gasteiger partial charge in [-0.1, -0.05) is 0 Å². The Hall–Kier alpha value is -0.810. The van der Waals surface area contributed by atoms with Crippen molar-refractivity contribution in [3.63, 3.8) is 0 Å². The van der Waals surface area contributed by atoms with Gasteiger partial charge in [-0.25, -0.2) is 4.98 Å². The quantitative estimate of drug-likeness (QED) is 0.645. The maximum absolute atomic E-state index is 4.84. The predicted molar refractivity (Wildman–Crippen MR) is 61.3 cm³/mol. The molecule has 5 heteroatoms. The van der Waals surface area contributed by atoms with E-state index in [1.54, 1.807) is 13.3 Å². The molecule has 4 nitrogen and oxygen atoms in total. The van der Waals surface area contributed by atoms with Crippen LogP contribution in [0.5, 0.6) is 0 Å². The molecule has 0 aromatic carbocycles. The van der Waals surface area contributed by atoms with Crippen molar-refractivity contribution >= 4 is 27.3 Å².